The zero-order valence-electron chi connectivity index (χ0n) is 12.6. The van der Waals surface area contributed by atoms with Crippen LogP contribution in [0.3, 0.4) is 0 Å². The second-order valence-corrected chi connectivity index (χ2v) is 5.94. The number of benzene rings is 1. The average molecular weight is 288 g/mol. The van der Waals surface area contributed by atoms with Crippen molar-refractivity contribution < 1.29 is 9.53 Å². The first-order chi connectivity index (χ1) is 10.3. The van der Waals surface area contributed by atoms with Crippen LogP contribution >= 0.6 is 0 Å². The van der Waals surface area contributed by atoms with E-state index in [1.54, 1.807) is 0 Å². The summed E-state index contributed by atoms with van der Waals surface area (Å²) >= 11 is 0. The van der Waals surface area contributed by atoms with Gasteiger partial charge in [0.05, 0.1) is 18.7 Å². The van der Waals surface area contributed by atoms with Crippen molar-refractivity contribution in [2.24, 2.45) is 0 Å². The molecule has 0 saturated carbocycles. The average Bonchev–Trinajstić information content (AvgIpc) is 3.14. The first-order valence-corrected chi connectivity index (χ1v) is 8.02. The second-order valence-electron chi connectivity index (χ2n) is 5.94. The Kier molecular flexibility index (Phi) is 4.56. The van der Waals surface area contributed by atoms with Crippen LogP contribution in [0.1, 0.15) is 44.3 Å². The van der Waals surface area contributed by atoms with Crippen molar-refractivity contribution in [3.05, 3.63) is 35.9 Å². The zero-order valence-corrected chi connectivity index (χ0v) is 12.6. The minimum absolute atomic E-state index is 0.00717. The molecule has 114 valence electrons. The van der Waals surface area contributed by atoms with Crippen molar-refractivity contribution in [1.82, 2.24) is 10.2 Å². The summed E-state index contributed by atoms with van der Waals surface area (Å²) in [6.07, 6.45) is 4.06. The molecule has 0 aliphatic carbocycles. The molecule has 2 heterocycles. The molecule has 3 atom stereocenters. The molecule has 1 amide bonds. The molecule has 0 radical (unpaired) electrons. The summed E-state index contributed by atoms with van der Waals surface area (Å²) in [5.74, 6) is 0.243. The molecule has 0 aromatic heterocycles. The molecule has 21 heavy (non-hydrogen) atoms. The van der Waals surface area contributed by atoms with Crippen LogP contribution in [0.25, 0.3) is 0 Å². The van der Waals surface area contributed by atoms with Gasteiger partial charge in [0, 0.05) is 6.61 Å². The first-order valence-electron chi connectivity index (χ1n) is 8.02. The molecule has 2 fully saturated rings. The quantitative estimate of drug-likeness (QED) is 0.905. The number of carbonyl (C=O) groups is 1. The van der Waals surface area contributed by atoms with Gasteiger partial charge in [-0.15, -0.1) is 0 Å². The Morgan fingerprint density at radius 1 is 1.33 bits per heavy atom. The molecule has 3 unspecified atom stereocenters. The fourth-order valence-corrected chi connectivity index (χ4v) is 3.29. The van der Waals surface area contributed by atoms with Gasteiger partial charge in [-0.2, -0.15) is 0 Å². The lowest BCUT2D eigenvalue weighted by molar-refractivity contribution is -0.132. The zero-order chi connectivity index (χ0) is 14.7. The largest absolute Gasteiger partial charge is 0.379 e. The number of carbonyl (C=O) groups excluding carboxylic acids is 1. The first kappa shape index (κ1) is 14.5. The third-order valence-corrected chi connectivity index (χ3v) is 4.45. The molecule has 2 saturated heterocycles. The monoisotopic (exact) mass is 288 g/mol. The van der Waals surface area contributed by atoms with Gasteiger partial charge in [-0.3, -0.25) is 10.1 Å². The summed E-state index contributed by atoms with van der Waals surface area (Å²) in [6.45, 7) is 3.59. The smallest absolute Gasteiger partial charge is 0.241 e. The van der Waals surface area contributed by atoms with E-state index in [0.717, 1.165) is 37.9 Å². The number of unbranched alkanes of at least 4 members (excludes halogenated alkanes) is 1. The Morgan fingerprint density at radius 2 is 2.14 bits per heavy atom. The highest BCUT2D eigenvalue weighted by molar-refractivity contribution is 5.85. The standard InChI is InChI=1S/C17H24N2O2/c1-2-3-9-15-17(20)19(14-10-11-21-12-14)16(18-15)13-7-5-4-6-8-13/h4-8,14-16,18H,2-3,9-12H2,1H3. The van der Waals surface area contributed by atoms with Gasteiger partial charge in [0.15, 0.2) is 0 Å². The van der Waals surface area contributed by atoms with Crippen LogP contribution in [0, 0.1) is 0 Å². The molecule has 0 bridgehead atoms. The normalized spacial score (nSPS) is 29.3. The number of hydrogen-bond donors (Lipinski definition) is 1. The van der Waals surface area contributed by atoms with Gasteiger partial charge in [0.1, 0.15) is 6.17 Å². The molecule has 2 aliphatic rings. The topological polar surface area (TPSA) is 41.6 Å². The predicted molar refractivity (Wildman–Crippen MR) is 81.7 cm³/mol. The van der Waals surface area contributed by atoms with E-state index >= 15 is 0 Å². The molecule has 1 N–H and O–H groups in total. The molecular weight excluding hydrogens is 264 g/mol. The maximum absolute atomic E-state index is 12.8. The predicted octanol–water partition coefficient (Wildman–Crippen LogP) is 2.46. The lowest BCUT2D eigenvalue weighted by Gasteiger charge is -2.29. The van der Waals surface area contributed by atoms with Crippen LogP contribution in [-0.2, 0) is 9.53 Å². The van der Waals surface area contributed by atoms with E-state index in [-0.39, 0.29) is 24.2 Å². The van der Waals surface area contributed by atoms with Gasteiger partial charge in [0.2, 0.25) is 5.91 Å². The highest BCUT2D eigenvalue weighted by Gasteiger charge is 2.43. The highest BCUT2D eigenvalue weighted by Crippen LogP contribution is 2.31. The van der Waals surface area contributed by atoms with E-state index in [1.807, 2.05) is 23.1 Å². The van der Waals surface area contributed by atoms with E-state index in [1.165, 1.54) is 0 Å². The second kappa shape index (κ2) is 6.58. The molecular formula is C17H24N2O2. The van der Waals surface area contributed by atoms with Crippen LogP contribution in [0.2, 0.25) is 0 Å². The molecule has 1 aromatic rings. The van der Waals surface area contributed by atoms with Crippen LogP contribution in [0.4, 0.5) is 0 Å². The maximum atomic E-state index is 12.8. The molecule has 3 rings (SSSR count). The van der Waals surface area contributed by atoms with Gasteiger partial charge in [-0.1, -0.05) is 50.1 Å². The van der Waals surface area contributed by atoms with Gasteiger partial charge in [0.25, 0.3) is 0 Å². The van der Waals surface area contributed by atoms with Crippen molar-refractivity contribution >= 4 is 5.91 Å². The SMILES string of the molecule is CCCCC1NC(c2ccccc2)N(C2CCOC2)C1=O. The molecule has 1 aromatic carbocycles. The Labute approximate surface area is 126 Å². The van der Waals surface area contributed by atoms with Gasteiger partial charge >= 0.3 is 0 Å². The molecule has 2 aliphatic heterocycles. The molecule has 4 heteroatoms. The highest BCUT2D eigenvalue weighted by atomic mass is 16.5. The number of rotatable bonds is 5. The van der Waals surface area contributed by atoms with E-state index in [4.69, 9.17) is 4.74 Å². The van der Waals surface area contributed by atoms with E-state index in [2.05, 4.69) is 24.4 Å². The lowest BCUT2D eigenvalue weighted by atomic mass is 10.1. The Balaban J connectivity index is 1.83. The summed E-state index contributed by atoms with van der Waals surface area (Å²) in [5.41, 5.74) is 1.16. The fraction of sp³-hybridized carbons (Fsp3) is 0.588. The summed E-state index contributed by atoms with van der Waals surface area (Å²) in [7, 11) is 0. The van der Waals surface area contributed by atoms with Crippen LogP contribution in [-0.4, -0.2) is 36.1 Å². The van der Waals surface area contributed by atoms with Gasteiger partial charge < -0.3 is 9.64 Å². The number of nitrogens with one attached hydrogen (secondary N) is 1. The van der Waals surface area contributed by atoms with Crippen LogP contribution < -0.4 is 5.32 Å². The fourth-order valence-electron chi connectivity index (χ4n) is 3.29. The van der Waals surface area contributed by atoms with Crippen molar-refractivity contribution in [3.8, 4) is 0 Å². The number of hydrogen-bond acceptors (Lipinski definition) is 3. The molecule has 0 spiro atoms. The third-order valence-electron chi connectivity index (χ3n) is 4.45. The van der Waals surface area contributed by atoms with Crippen molar-refractivity contribution in [3.63, 3.8) is 0 Å². The third kappa shape index (κ3) is 2.97. The summed E-state index contributed by atoms with van der Waals surface area (Å²) in [5, 5.41) is 3.54. The van der Waals surface area contributed by atoms with Crippen LogP contribution in [0.5, 0.6) is 0 Å². The Morgan fingerprint density at radius 3 is 2.81 bits per heavy atom. The van der Waals surface area contributed by atoms with E-state index in [9.17, 15) is 4.79 Å². The van der Waals surface area contributed by atoms with E-state index < -0.39 is 0 Å². The molecule has 4 nitrogen and oxygen atoms in total. The summed E-state index contributed by atoms with van der Waals surface area (Å²) in [4.78, 5) is 14.8. The lowest BCUT2D eigenvalue weighted by Crippen LogP contribution is -2.40. The number of amides is 1. The minimum atomic E-state index is -0.0456. The number of nitrogens with zero attached hydrogens (tertiary/aromatic N) is 1. The van der Waals surface area contributed by atoms with Gasteiger partial charge in [-0.05, 0) is 18.4 Å². The summed E-state index contributed by atoms with van der Waals surface area (Å²) < 4.78 is 5.50. The maximum Gasteiger partial charge on any atom is 0.241 e. The van der Waals surface area contributed by atoms with Crippen LogP contribution in [0.15, 0.2) is 30.3 Å². The van der Waals surface area contributed by atoms with E-state index in [0.29, 0.717) is 6.61 Å². The minimum Gasteiger partial charge on any atom is -0.379 e. The number of ether oxygens (including phenoxy) is 1. The van der Waals surface area contributed by atoms with Crippen molar-refractivity contribution in [1.29, 1.82) is 0 Å². The summed E-state index contributed by atoms with van der Waals surface area (Å²) in [6, 6.07) is 10.4. The van der Waals surface area contributed by atoms with Gasteiger partial charge in [-0.25, -0.2) is 0 Å². The van der Waals surface area contributed by atoms with Crippen molar-refractivity contribution in [2.75, 3.05) is 13.2 Å². The Bertz CT molecular complexity index is 471. The Hall–Kier alpha value is -1.39. The van der Waals surface area contributed by atoms with Crippen molar-refractivity contribution in [2.45, 2.75) is 50.9 Å².